The van der Waals surface area contributed by atoms with Crippen molar-refractivity contribution in [3.63, 3.8) is 0 Å². The Morgan fingerprint density at radius 2 is 1.77 bits per heavy atom. The predicted molar refractivity (Wildman–Crippen MR) is 137 cm³/mol. The Hall–Kier alpha value is -0.610. The fourth-order valence-electron chi connectivity index (χ4n) is 4.79. The molecule has 31 heavy (non-hydrogen) atoms. The van der Waals surface area contributed by atoms with E-state index < -0.39 is 0 Å². The summed E-state index contributed by atoms with van der Waals surface area (Å²) in [6, 6.07) is 1.17. The van der Waals surface area contributed by atoms with Gasteiger partial charge in [0.1, 0.15) is 6.54 Å². The molecule has 7 nitrogen and oxygen atoms in total. The minimum Gasteiger partial charge on any atom is -0.376 e. The molecule has 0 aromatic carbocycles. The average Bonchev–Trinajstić information content (AvgIpc) is 2.77. The van der Waals surface area contributed by atoms with Crippen molar-refractivity contribution in [3.8, 4) is 0 Å². The lowest BCUT2D eigenvalue weighted by atomic mass is 9.88. The zero-order chi connectivity index (χ0) is 21.3. The molecule has 2 heterocycles. The third-order valence-electron chi connectivity index (χ3n) is 7.01. The van der Waals surface area contributed by atoms with E-state index in [1.807, 2.05) is 0 Å². The molecule has 2 aliphatic heterocycles. The summed E-state index contributed by atoms with van der Waals surface area (Å²) < 4.78 is 5.84. The number of aliphatic imine (C=N–C) groups is 1. The van der Waals surface area contributed by atoms with Gasteiger partial charge < -0.3 is 25.2 Å². The first-order valence-electron chi connectivity index (χ1n) is 12.1. The molecule has 180 valence electrons. The van der Waals surface area contributed by atoms with Crippen molar-refractivity contribution in [1.82, 2.24) is 20.4 Å². The van der Waals surface area contributed by atoms with Gasteiger partial charge in [-0.05, 0) is 76.8 Å². The number of carbonyl (C=O) groups excluding carboxylic acids is 1. The second-order valence-electron chi connectivity index (χ2n) is 9.69. The highest BCUT2D eigenvalue weighted by Gasteiger charge is 2.28. The molecule has 0 bridgehead atoms. The highest BCUT2D eigenvalue weighted by atomic mass is 127. The largest absolute Gasteiger partial charge is 0.376 e. The van der Waals surface area contributed by atoms with Crippen molar-refractivity contribution in [1.29, 1.82) is 0 Å². The Labute approximate surface area is 206 Å². The van der Waals surface area contributed by atoms with Crippen LogP contribution in [0.25, 0.3) is 0 Å². The SMILES string of the molecule is CC1CCN(C2CCC(NC(=NCC(=O)N(C)C)NCC3CCCCO3)CC2)CC1.I. The molecule has 1 unspecified atom stereocenters. The van der Waals surface area contributed by atoms with Crippen LogP contribution in [0.15, 0.2) is 4.99 Å². The number of halogens is 1. The van der Waals surface area contributed by atoms with E-state index in [2.05, 4.69) is 27.4 Å². The molecule has 1 amide bonds. The number of amides is 1. The van der Waals surface area contributed by atoms with Crippen LogP contribution < -0.4 is 10.6 Å². The summed E-state index contributed by atoms with van der Waals surface area (Å²) in [6.45, 7) is 6.70. The standard InChI is InChI=1S/C23H43N5O2.HI/c1-18-11-13-28(14-12-18)20-9-7-19(8-10-20)26-23(25-17-22(29)27(2)3)24-16-21-6-4-5-15-30-21;/h18-21H,4-17H2,1-3H3,(H2,24,25,26);1H. The topological polar surface area (TPSA) is 69.2 Å². The first kappa shape index (κ1) is 26.6. The van der Waals surface area contributed by atoms with Gasteiger partial charge in [0.25, 0.3) is 0 Å². The molecule has 3 aliphatic rings. The third kappa shape index (κ3) is 9.04. The van der Waals surface area contributed by atoms with Gasteiger partial charge in [-0.25, -0.2) is 4.99 Å². The highest BCUT2D eigenvalue weighted by molar-refractivity contribution is 14.0. The van der Waals surface area contributed by atoms with Crippen molar-refractivity contribution < 1.29 is 9.53 Å². The monoisotopic (exact) mass is 549 g/mol. The van der Waals surface area contributed by atoms with E-state index in [0.717, 1.165) is 43.9 Å². The third-order valence-corrected chi connectivity index (χ3v) is 7.01. The van der Waals surface area contributed by atoms with Gasteiger partial charge in [0.15, 0.2) is 5.96 Å². The highest BCUT2D eigenvalue weighted by Crippen LogP contribution is 2.27. The Balaban J connectivity index is 0.00000341. The second-order valence-corrected chi connectivity index (χ2v) is 9.69. The van der Waals surface area contributed by atoms with Crippen molar-refractivity contribution in [3.05, 3.63) is 0 Å². The molecule has 1 atom stereocenters. The van der Waals surface area contributed by atoms with Gasteiger partial charge in [0.2, 0.25) is 5.91 Å². The molecule has 3 fully saturated rings. The summed E-state index contributed by atoms with van der Waals surface area (Å²) in [5.41, 5.74) is 0. The summed E-state index contributed by atoms with van der Waals surface area (Å²) in [7, 11) is 3.55. The lowest BCUT2D eigenvalue weighted by Gasteiger charge is -2.40. The molecule has 3 rings (SSSR count). The van der Waals surface area contributed by atoms with Crippen LogP contribution in [0, 0.1) is 5.92 Å². The molecule has 2 saturated heterocycles. The summed E-state index contributed by atoms with van der Waals surface area (Å²) in [6.07, 6.45) is 11.3. The maximum atomic E-state index is 12.0. The first-order valence-corrected chi connectivity index (χ1v) is 12.1. The Morgan fingerprint density at radius 3 is 2.39 bits per heavy atom. The first-order chi connectivity index (χ1) is 14.5. The van der Waals surface area contributed by atoms with E-state index in [0.29, 0.717) is 6.04 Å². The van der Waals surface area contributed by atoms with E-state index in [4.69, 9.17) is 4.74 Å². The minimum absolute atomic E-state index is 0. The van der Waals surface area contributed by atoms with E-state index >= 15 is 0 Å². The van der Waals surface area contributed by atoms with Crippen LogP contribution >= 0.6 is 24.0 Å². The van der Waals surface area contributed by atoms with Crippen LogP contribution in [0.1, 0.15) is 64.7 Å². The molecular weight excluding hydrogens is 505 g/mol. The molecule has 1 aliphatic carbocycles. The van der Waals surface area contributed by atoms with Gasteiger partial charge in [-0.2, -0.15) is 0 Å². The Kier molecular flexibility index (Phi) is 11.9. The average molecular weight is 550 g/mol. The summed E-state index contributed by atoms with van der Waals surface area (Å²) in [4.78, 5) is 20.9. The zero-order valence-electron chi connectivity index (χ0n) is 19.8. The van der Waals surface area contributed by atoms with Gasteiger partial charge >= 0.3 is 0 Å². The molecular formula is C23H44IN5O2. The van der Waals surface area contributed by atoms with Crippen LogP contribution in [-0.2, 0) is 9.53 Å². The lowest BCUT2D eigenvalue weighted by molar-refractivity contribution is -0.127. The number of likely N-dealkylation sites (N-methyl/N-ethyl adjacent to an activating group) is 1. The minimum atomic E-state index is 0. The number of nitrogens with zero attached hydrogens (tertiary/aromatic N) is 3. The predicted octanol–water partition coefficient (Wildman–Crippen LogP) is 2.84. The normalized spacial score (nSPS) is 28.5. The van der Waals surface area contributed by atoms with E-state index in [9.17, 15) is 4.79 Å². The molecule has 0 aromatic rings. The number of likely N-dealkylation sites (tertiary alicyclic amines) is 1. The number of nitrogens with one attached hydrogen (secondary N) is 2. The smallest absolute Gasteiger partial charge is 0.243 e. The number of carbonyl (C=O) groups is 1. The van der Waals surface area contributed by atoms with Gasteiger partial charge in [-0.1, -0.05) is 6.92 Å². The number of rotatable bonds is 6. The van der Waals surface area contributed by atoms with E-state index in [1.165, 1.54) is 58.0 Å². The molecule has 0 spiro atoms. The lowest BCUT2D eigenvalue weighted by Crippen LogP contribution is -2.50. The van der Waals surface area contributed by atoms with Crippen molar-refractivity contribution >= 4 is 35.8 Å². The zero-order valence-corrected chi connectivity index (χ0v) is 22.1. The summed E-state index contributed by atoms with van der Waals surface area (Å²) in [5, 5.41) is 7.06. The molecule has 0 aromatic heterocycles. The van der Waals surface area contributed by atoms with E-state index in [-0.39, 0.29) is 42.5 Å². The van der Waals surface area contributed by atoms with Gasteiger partial charge in [-0.3, -0.25) is 4.79 Å². The number of ether oxygens (including phenoxy) is 1. The molecule has 2 N–H and O–H groups in total. The maximum absolute atomic E-state index is 12.0. The Bertz CT molecular complexity index is 552. The van der Waals surface area contributed by atoms with Gasteiger partial charge in [0.05, 0.1) is 6.10 Å². The quantitative estimate of drug-likeness (QED) is 0.303. The van der Waals surface area contributed by atoms with Crippen molar-refractivity contribution in [2.45, 2.75) is 82.9 Å². The number of hydrogen-bond donors (Lipinski definition) is 2. The maximum Gasteiger partial charge on any atom is 0.243 e. The van der Waals surface area contributed by atoms with Crippen LogP contribution in [0.3, 0.4) is 0 Å². The van der Waals surface area contributed by atoms with Crippen LogP contribution in [0.5, 0.6) is 0 Å². The summed E-state index contributed by atoms with van der Waals surface area (Å²) >= 11 is 0. The summed E-state index contributed by atoms with van der Waals surface area (Å²) in [5.74, 6) is 1.67. The molecule has 8 heteroatoms. The number of guanidine groups is 1. The second kappa shape index (κ2) is 13.8. The number of piperidine rings is 1. The molecule has 0 radical (unpaired) electrons. The van der Waals surface area contributed by atoms with E-state index in [1.54, 1.807) is 19.0 Å². The number of hydrogen-bond acceptors (Lipinski definition) is 4. The van der Waals surface area contributed by atoms with Gasteiger partial charge in [-0.15, -0.1) is 24.0 Å². The van der Waals surface area contributed by atoms with Gasteiger partial charge in [0, 0.05) is 39.3 Å². The fraction of sp³-hybridized carbons (Fsp3) is 0.913. The van der Waals surface area contributed by atoms with Crippen molar-refractivity contribution in [2.75, 3.05) is 46.9 Å². The Morgan fingerprint density at radius 1 is 1.06 bits per heavy atom. The van der Waals surface area contributed by atoms with Crippen LogP contribution in [0.4, 0.5) is 0 Å². The fourth-order valence-corrected chi connectivity index (χ4v) is 4.79. The van der Waals surface area contributed by atoms with Crippen LogP contribution in [0.2, 0.25) is 0 Å². The molecule has 1 saturated carbocycles. The van der Waals surface area contributed by atoms with Crippen molar-refractivity contribution in [2.24, 2.45) is 10.9 Å². The van der Waals surface area contributed by atoms with Crippen LogP contribution in [-0.4, -0.2) is 86.7 Å².